The van der Waals surface area contributed by atoms with Crippen LogP contribution in [0.2, 0.25) is 0 Å². The van der Waals surface area contributed by atoms with Crippen LogP contribution in [0.1, 0.15) is 67.4 Å². The number of alkyl halides is 2. The topological polar surface area (TPSA) is 67.2 Å². The predicted molar refractivity (Wildman–Crippen MR) is 92.5 cm³/mol. The number of hydrogen-bond donors (Lipinski definition) is 2. The Kier molecular flexibility index (Phi) is 3.88. The molecule has 0 spiro atoms. The quantitative estimate of drug-likeness (QED) is 0.789. The molecule has 1 aromatic carbocycles. The van der Waals surface area contributed by atoms with Crippen LogP contribution in [0.15, 0.2) is 24.4 Å². The highest BCUT2D eigenvalue weighted by Gasteiger charge is 2.32. The van der Waals surface area contributed by atoms with Crippen LogP contribution in [0.4, 0.5) is 14.5 Å². The van der Waals surface area contributed by atoms with Crippen molar-refractivity contribution in [3.8, 4) is 0 Å². The van der Waals surface area contributed by atoms with Crippen molar-refractivity contribution < 1.29 is 21.4 Å². The van der Waals surface area contributed by atoms with Crippen LogP contribution < -0.4 is 5.32 Å². The summed E-state index contributed by atoms with van der Waals surface area (Å²) in [5.74, 6) is -0.125. The lowest BCUT2D eigenvalue weighted by molar-refractivity contribution is 0.102. The van der Waals surface area contributed by atoms with Crippen molar-refractivity contribution in [3.63, 3.8) is 0 Å². The second-order valence-electron chi connectivity index (χ2n) is 6.96. The summed E-state index contributed by atoms with van der Waals surface area (Å²) in [4.78, 5) is 12.8. The van der Waals surface area contributed by atoms with E-state index in [9.17, 15) is 18.7 Å². The molecule has 7 heteroatoms. The van der Waals surface area contributed by atoms with E-state index >= 15 is 0 Å². The number of amides is 1. The molecule has 1 amide bonds. The summed E-state index contributed by atoms with van der Waals surface area (Å²) in [5.41, 5.74) is 2.20. The van der Waals surface area contributed by atoms with Crippen molar-refractivity contribution in [2.24, 2.45) is 0 Å². The van der Waals surface area contributed by atoms with Gasteiger partial charge in [-0.15, -0.1) is 0 Å². The van der Waals surface area contributed by atoms with Crippen molar-refractivity contribution in [2.45, 2.75) is 57.0 Å². The lowest BCUT2D eigenvalue weighted by Gasteiger charge is -2.10. The van der Waals surface area contributed by atoms with Gasteiger partial charge in [-0.3, -0.25) is 9.48 Å². The van der Waals surface area contributed by atoms with Gasteiger partial charge >= 0.3 is 0 Å². The number of aliphatic hydroxyl groups is 1. The molecule has 4 rings (SSSR count). The maximum Gasteiger partial charge on any atom is 0.259 e. The standard InChI is InChI=1S/C19H21F2N3O2/c20-17(21)9-24-8-16(18(23-24)12-3-4-12)19(26)22-14-6-5-13(10-25)15(7-14)11-1-2-11/h5-8,11-12,17,25H,1-4,9-10H2,(H,22,26)/i10D2. The molecule has 2 N–H and O–H groups in total. The van der Waals surface area contributed by atoms with E-state index < -0.39 is 25.4 Å². The van der Waals surface area contributed by atoms with E-state index in [-0.39, 0.29) is 23.0 Å². The summed E-state index contributed by atoms with van der Waals surface area (Å²) in [6, 6.07) is 4.69. The smallest absolute Gasteiger partial charge is 0.259 e. The third-order valence-electron chi connectivity index (χ3n) is 4.77. The fourth-order valence-corrected chi connectivity index (χ4v) is 3.18. The number of hydrogen-bond acceptors (Lipinski definition) is 3. The minimum atomic E-state index is -2.55. The average molecular weight is 363 g/mol. The zero-order valence-corrected chi connectivity index (χ0v) is 14.1. The van der Waals surface area contributed by atoms with Crippen LogP contribution >= 0.6 is 0 Å². The van der Waals surface area contributed by atoms with Crippen molar-refractivity contribution in [1.82, 2.24) is 9.78 Å². The highest BCUT2D eigenvalue weighted by atomic mass is 19.3. The molecule has 0 atom stereocenters. The number of rotatable bonds is 7. The summed E-state index contributed by atoms with van der Waals surface area (Å²) >= 11 is 0. The van der Waals surface area contributed by atoms with Gasteiger partial charge < -0.3 is 10.4 Å². The molecule has 0 unspecified atom stereocenters. The number of carbonyl (C=O) groups is 1. The summed E-state index contributed by atoms with van der Waals surface area (Å²) in [6.07, 6.45) is 2.40. The fourth-order valence-electron chi connectivity index (χ4n) is 3.18. The van der Waals surface area contributed by atoms with E-state index in [1.54, 1.807) is 6.07 Å². The molecule has 138 valence electrons. The van der Waals surface area contributed by atoms with Crippen LogP contribution in [0.3, 0.4) is 0 Å². The minimum absolute atomic E-state index is 0.130. The Balaban J connectivity index is 1.59. The van der Waals surface area contributed by atoms with Gasteiger partial charge in [-0.1, -0.05) is 6.07 Å². The van der Waals surface area contributed by atoms with Crippen molar-refractivity contribution in [2.75, 3.05) is 5.32 Å². The number of nitrogens with zero attached hydrogens (tertiary/aromatic N) is 2. The first kappa shape index (κ1) is 14.8. The lowest BCUT2D eigenvalue weighted by atomic mass is 10.0. The Morgan fingerprint density at radius 1 is 1.35 bits per heavy atom. The molecule has 1 aromatic heterocycles. The van der Waals surface area contributed by atoms with E-state index in [1.807, 2.05) is 0 Å². The molecule has 2 aromatic rings. The first-order valence-corrected chi connectivity index (χ1v) is 8.76. The number of benzene rings is 1. The van der Waals surface area contributed by atoms with Crippen LogP contribution in [0.5, 0.6) is 0 Å². The summed E-state index contributed by atoms with van der Waals surface area (Å²) in [5, 5.41) is 16.7. The van der Waals surface area contributed by atoms with E-state index in [1.165, 1.54) is 18.3 Å². The summed E-state index contributed by atoms with van der Waals surface area (Å²) < 4.78 is 41.6. The molecule has 26 heavy (non-hydrogen) atoms. The molecule has 0 radical (unpaired) electrons. The molecule has 0 aliphatic heterocycles. The molecule has 0 saturated heterocycles. The Morgan fingerprint density at radius 2 is 2.08 bits per heavy atom. The molecule has 2 aliphatic rings. The number of anilines is 1. The van der Waals surface area contributed by atoms with Gasteiger partial charge in [0.15, 0.2) is 0 Å². The van der Waals surface area contributed by atoms with Crippen LogP contribution in [0, 0.1) is 0 Å². The maximum absolute atomic E-state index is 12.8. The molecule has 0 bridgehead atoms. The lowest BCUT2D eigenvalue weighted by Crippen LogP contribution is -2.13. The molecule has 5 nitrogen and oxygen atoms in total. The van der Waals surface area contributed by atoms with Gasteiger partial charge in [0, 0.05) is 17.8 Å². The van der Waals surface area contributed by atoms with Crippen molar-refractivity contribution in [3.05, 3.63) is 46.8 Å². The Bertz CT molecular complexity index is 903. The van der Waals surface area contributed by atoms with Crippen LogP contribution in [0.25, 0.3) is 0 Å². The van der Waals surface area contributed by atoms with E-state index in [2.05, 4.69) is 10.4 Å². The molecular weight excluding hydrogens is 340 g/mol. The second-order valence-corrected chi connectivity index (χ2v) is 6.96. The van der Waals surface area contributed by atoms with Crippen LogP contribution in [-0.2, 0) is 13.1 Å². The third-order valence-corrected chi connectivity index (χ3v) is 4.77. The molecule has 2 saturated carbocycles. The fraction of sp³-hybridized carbons (Fsp3) is 0.474. The van der Waals surface area contributed by atoms with Gasteiger partial charge in [0.2, 0.25) is 0 Å². The van der Waals surface area contributed by atoms with Gasteiger partial charge in [-0.05, 0) is 54.9 Å². The van der Waals surface area contributed by atoms with Gasteiger partial charge in [0.05, 0.1) is 20.6 Å². The molecule has 2 fully saturated rings. The van der Waals surface area contributed by atoms with Crippen molar-refractivity contribution >= 4 is 11.6 Å². The molecular formula is C19H21F2N3O2. The number of nitrogens with one attached hydrogen (secondary N) is 1. The van der Waals surface area contributed by atoms with Gasteiger partial charge in [0.25, 0.3) is 12.3 Å². The van der Waals surface area contributed by atoms with Crippen LogP contribution in [-0.4, -0.2) is 27.2 Å². The van der Waals surface area contributed by atoms with E-state index in [4.69, 9.17) is 2.74 Å². The third kappa shape index (κ3) is 3.62. The Morgan fingerprint density at radius 3 is 2.69 bits per heavy atom. The normalized spacial score (nSPS) is 18.6. The zero-order valence-electron chi connectivity index (χ0n) is 16.1. The van der Waals surface area contributed by atoms with Crippen molar-refractivity contribution in [1.29, 1.82) is 0 Å². The van der Waals surface area contributed by atoms with Gasteiger partial charge in [-0.2, -0.15) is 5.10 Å². The Labute approximate surface area is 152 Å². The highest BCUT2D eigenvalue weighted by molar-refractivity contribution is 6.05. The molecule has 1 heterocycles. The number of halogens is 2. The monoisotopic (exact) mass is 363 g/mol. The molecule has 2 aliphatic carbocycles. The Hall–Kier alpha value is -2.28. The summed E-state index contributed by atoms with van der Waals surface area (Å²) in [6.45, 7) is -3.00. The first-order chi connectivity index (χ1) is 13.2. The zero-order chi connectivity index (χ0) is 20.1. The summed E-state index contributed by atoms with van der Waals surface area (Å²) in [7, 11) is 0. The van der Waals surface area contributed by atoms with E-state index in [0.29, 0.717) is 16.9 Å². The number of aromatic nitrogens is 2. The first-order valence-electron chi connectivity index (χ1n) is 9.76. The minimum Gasteiger partial charge on any atom is -0.392 e. The second kappa shape index (κ2) is 6.79. The predicted octanol–water partition coefficient (Wildman–Crippen LogP) is 3.65. The number of carbonyl (C=O) groups excluding carboxylic acids is 1. The maximum atomic E-state index is 12.8. The SMILES string of the molecule is [2H]C([2H])(O)c1ccc(NC(=O)c2cn(CC(F)F)nc2C2CC2)cc1C1CC1. The highest BCUT2D eigenvalue weighted by Crippen LogP contribution is 2.43. The average Bonchev–Trinajstić information content (AvgIpc) is 3.50. The largest absolute Gasteiger partial charge is 0.392 e. The van der Waals surface area contributed by atoms with Gasteiger partial charge in [0.1, 0.15) is 6.54 Å². The van der Waals surface area contributed by atoms with E-state index in [0.717, 1.165) is 30.4 Å². The van der Waals surface area contributed by atoms with Gasteiger partial charge in [-0.25, -0.2) is 8.78 Å².